The van der Waals surface area contributed by atoms with Gasteiger partial charge in [0.15, 0.2) is 5.82 Å². The lowest BCUT2D eigenvalue weighted by Gasteiger charge is -2.38. The average Bonchev–Trinajstić information content (AvgIpc) is 3.30. The minimum absolute atomic E-state index is 0.0251. The number of ether oxygens (including phenoxy) is 2. The third-order valence-corrected chi connectivity index (χ3v) is 6.91. The second kappa shape index (κ2) is 10.5. The molecule has 2 aromatic heterocycles. The van der Waals surface area contributed by atoms with E-state index in [9.17, 15) is 13.6 Å². The van der Waals surface area contributed by atoms with Crippen LogP contribution in [-0.2, 0) is 14.3 Å². The summed E-state index contributed by atoms with van der Waals surface area (Å²) in [5.74, 6) is 0.319. The van der Waals surface area contributed by atoms with Crippen LogP contribution in [-0.4, -0.2) is 101 Å². The zero-order valence-electron chi connectivity index (χ0n) is 21.0. The molecule has 0 unspecified atom stereocenters. The highest BCUT2D eigenvalue weighted by atomic mass is 19.3. The van der Waals surface area contributed by atoms with Gasteiger partial charge < -0.3 is 24.2 Å². The van der Waals surface area contributed by atoms with E-state index in [1.165, 1.54) is 11.7 Å². The zero-order chi connectivity index (χ0) is 26.1. The van der Waals surface area contributed by atoms with Gasteiger partial charge >= 0.3 is 0 Å². The quantitative estimate of drug-likeness (QED) is 0.487. The summed E-state index contributed by atoms with van der Waals surface area (Å²) in [5.41, 5.74) is 0.916. The van der Waals surface area contributed by atoms with Crippen LogP contribution < -0.4 is 9.80 Å². The summed E-state index contributed by atoms with van der Waals surface area (Å²) < 4.78 is 40.3. The lowest BCUT2D eigenvalue weighted by atomic mass is 10.1. The molecule has 0 saturated carbocycles. The minimum atomic E-state index is -2.83. The zero-order valence-corrected chi connectivity index (χ0v) is 21.0. The average molecular weight is 517 g/mol. The van der Waals surface area contributed by atoms with Crippen LogP contribution in [0.5, 0.6) is 0 Å². The molecule has 2 aliphatic rings. The van der Waals surface area contributed by atoms with Crippen LogP contribution in [0.15, 0.2) is 24.3 Å². The number of hydrogen-bond donors (Lipinski definition) is 0. The summed E-state index contributed by atoms with van der Waals surface area (Å²) in [4.78, 5) is 36.2. The van der Waals surface area contributed by atoms with E-state index in [-0.39, 0.29) is 30.6 Å². The van der Waals surface area contributed by atoms with Crippen molar-refractivity contribution >= 4 is 28.8 Å². The summed E-state index contributed by atoms with van der Waals surface area (Å²) in [7, 11) is 1.49. The standard InChI is InChI=1S/C24H30F2N8O3/c1-15-16(2)37-13-12-33(15)23-28-22(32-10-8-31(9-11-32)19(35)14-36-3)29-24(30-23)34-18-7-5-4-6-17(18)27-21(34)20(25)26/h4-7,15-16,20H,8-14H2,1-3H3/t15-,16-/m0/s1. The molecule has 0 aliphatic carbocycles. The van der Waals surface area contributed by atoms with Crippen molar-refractivity contribution in [3.05, 3.63) is 30.1 Å². The predicted octanol–water partition coefficient (Wildman–Crippen LogP) is 2.06. The van der Waals surface area contributed by atoms with Crippen molar-refractivity contribution in [2.24, 2.45) is 0 Å². The van der Waals surface area contributed by atoms with Crippen LogP contribution in [0.4, 0.5) is 20.7 Å². The predicted molar refractivity (Wildman–Crippen MR) is 132 cm³/mol. The fourth-order valence-corrected chi connectivity index (χ4v) is 4.70. The fourth-order valence-electron chi connectivity index (χ4n) is 4.70. The molecule has 0 N–H and O–H groups in total. The first-order valence-electron chi connectivity index (χ1n) is 12.3. The van der Waals surface area contributed by atoms with Gasteiger partial charge in [0.05, 0.1) is 29.8 Å². The van der Waals surface area contributed by atoms with E-state index in [1.807, 2.05) is 23.6 Å². The van der Waals surface area contributed by atoms with Gasteiger partial charge in [0.2, 0.25) is 23.8 Å². The summed E-state index contributed by atoms with van der Waals surface area (Å²) in [6.45, 7) is 6.99. The topological polar surface area (TPSA) is 102 Å². The molecular weight excluding hydrogens is 486 g/mol. The Labute approximate surface area is 213 Å². The summed E-state index contributed by atoms with van der Waals surface area (Å²) in [5, 5.41) is 0. The van der Waals surface area contributed by atoms with Crippen LogP contribution in [0.3, 0.4) is 0 Å². The van der Waals surface area contributed by atoms with Crippen LogP contribution >= 0.6 is 0 Å². The normalized spacial score (nSPS) is 20.8. The Hall–Kier alpha value is -3.45. The highest BCUT2D eigenvalue weighted by molar-refractivity contribution is 5.78. The number of alkyl halides is 2. The van der Waals surface area contributed by atoms with E-state index in [4.69, 9.17) is 14.5 Å². The van der Waals surface area contributed by atoms with Crippen LogP contribution in [0.2, 0.25) is 0 Å². The van der Waals surface area contributed by atoms with E-state index in [0.717, 1.165) is 0 Å². The molecule has 3 aromatic rings. The smallest absolute Gasteiger partial charge is 0.296 e. The number of rotatable bonds is 6. The molecule has 37 heavy (non-hydrogen) atoms. The second-order valence-electron chi connectivity index (χ2n) is 9.14. The molecule has 2 atom stereocenters. The van der Waals surface area contributed by atoms with E-state index in [1.54, 1.807) is 29.2 Å². The number of hydrogen-bond acceptors (Lipinski definition) is 9. The molecule has 198 valence electrons. The second-order valence-corrected chi connectivity index (χ2v) is 9.14. The molecule has 1 amide bonds. The van der Waals surface area contributed by atoms with Crippen molar-refractivity contribution in [2.45, 2.75) is 32.4 Å². The van der Waals surface area contributed by atoms with Gasteiger partial charge in [-0.3, -0.25) is 9.36 Å². The van der Waals surface area contributed by atoms with Crippen molar-refractivity contribution in [1.29, 1.82) is 0 Å². The van der Waals surface area contributed by atoms with Gasteiger partial charge in [-0.15, -0.1) is 0 Å². The molecule has 0 spiro atoms. The molecule has 11 nitrogen and oxygen atoms in total. The molecule has 13 heteroatoms. The third kappa shape index (κ3) is 4.92. The number of imidazole rings is 1. The molecule has 2 fully saturated rings. The van der Waals surface area contributed by atoms with Gasteiger partial charge in [-0.05, 0) is 26.0 Å². The van der Waals surface area contributed by atoms with Gasteiger partial charge in [-0.25, -0.2) is 13.8 Å². The lowest BCUT2D eigenvalue weighted by molar-refractivity contribution is -0.135. The molecule has 2 aliphatic heterocycles. The summed E-state index contributed by atoms with van der Waals surface area (Å²) >= 11 is 0. The number of halogens is 2. The molecule has 5 rings (SSSR count). The number of benzene rings is 1. The maximum atomic E-state index is 14.1. The first kappa shape index (κ1) is 25.2. The number of fused-ring (bicyclic) bond motifs is 1. The van der Waals surface area contributed by atoms with E-state index >= 15 is 0 Å². The number of methoxy groups -OCH3 is 1. The van der Waals surface area contributed by atoms with Crippen LogP contribution in [0, 0.1) is 0 Å². The summed E-state index contributed by atoms with van der Waals surface area (Å²) in [6, 6.07) is 6.88. The number of aromatic nitrogens is 5. The molecule has 0 radical (unpaired) electrons. The Morgan fingerprint density at radius 1 is 1.03 bits per heavy atom. The Kier molecular flexibility index (Phi) is 7.15. The first-order chi connectivity index (χ1) is 17.9. The van der Waals surface area contributed by atoms with Crippen molar-refractivity contribution in [2.75, 3.05) is 62.8 Å². The fraction of sp³-hybridized carbons (Fsp3) is 0.542. The Morgan fingerprint density at radius 2 is 1.73 bits per heavy atom. The maximum Gasteiger partial charge on any atom is 0.296 e. The monoisotopic (exact) mass is 516 g/mol. The van der Waals surface area contributed by atoms with Crippen molar-refractivity contribution in [3.8, 4) is 5.95 Å². The van der Waals surface area contributed by atoms with E-state index in [0.29, 0.717) is 62.3 Å². The molecule has 4 heterocycles. The van der Waals surface area contributed by atoms with E-state index < -0.39 is 12.2 Å². The number of para-hydroxylation sites is 2. The molecule has 0 bridgehead atoms. The van der Waals surface area contributed by atoms with Crippen LogP contribution in [0.1, 0.15) is 26.1 Å². The number of anilines is 2. The number of nitrogens with zero attached hydrogens (tertiary/aromatic N) is 8. The van der Waals surface area contributed by atoms with E-state index in [2.05, 4.69) is 15.0 Å². The number of amides is 1. The molecular formula is C24H30F2N8O3. The lowest BCUT2D eigenvalue weighted by Crippen LogP contribution is -2.51. The van der Waals surface area contributed by atoms with Gasteiger partial charge in [0.1, 0.15) is 6.61 Å². The van der Waals surface area contributed by atoms with Crippen LogP contribution in [0.25, 0.3) is 17.0 Å². The summed E-state index contributed by atoms with van der Waals surface area (Å²) in [6.07, 6.45) is -2.88. The number of morpholine rings is 1. The highest BCUT2D eigenvalue weighted by Gasteiger charge is 2.31. The highest BCUT2D eigenvalue weighted by Crippen LogP contribution is 2.29. The van der Waals surface area contributed by atoms with Gasteiger partial charge in [0, 0.05) is 39.8 Å². The van der Waals surface area contributed by atoms with Gasteiger partial charge in [0.25, 0.3) is 6.43 Å². The van der Waals surface area contributed by atoms with Crippen molar-refractivity contribution < 1.29 is 23.0 Å². The SMILES string of the molecule is COCC(=O)N1CCN(c2nc(N3CCO[C@@H](C)[C@@H]3C)nc(-n3c(C(F)F)nc4ccccc43)n2)CC1. The first-order valence-corrected chi connectivity index (χ1v) is 12.3. The number of carbonyl (C=O) groups is 1. The Balaban J connectivity index is 1.57. The Bertz CT molecular complexity index is 1260. The van der Waals surface area contributed by atoms with Gasteiger partial charge in [-0.1, -0.05) is 12.1 Å². The number of piperazine rings is 1. The number of carbonyl (C=O) groups excluding carboxylic acids is 1. The largest absolute Gasteiger partial charge is 0.375 e. The molecule has 2 saturated heterocycles. The Morgan fingerprint density at radius 3 is 2.46 bits per heavy atom. The molecule has 1 aromatic carbocycles. The minimum Gasteiger partial charge on any atom is -0.375 e. The third-order valence-electron chi connectivity index (χ3n) is 6.91. The van der Waals surface area contributed by atoms with Crippen molar-refractivity contribution in [1.82, 2.24) is 29.4 Å². The van der Waals surface area contributed by atoms with Gasteiger partial charge in [-0.2, -0.15) is 15.0 Å². The van der Waals surface area contributed by atoms with Crippen molar-refractivity contribution in [3.63, 3.8) is 0 Å². The maximum absolute atomic E-state index is 14.1.